The van der Waals surface area contributed by atoms with Crippen LogP contribution in [0.4, 0.5) is 5.82 Å². The lowest BCUT2D eigenvalue weighted by Gasteiger charge is -2.51. The van der Waals surface area contributed by atoms with Gasteiger partial charge in [0.15, 0.2) is 11.5 Å². The van der Waals surface area contributed by atoms with Gasteiger partial charge in [0.1, 0.15) is 24.2 Å². The molecule has 2 aromatic heterocycles. The molecule has 3 aromatic rings. The van der Waals surface area contributed by atoms with Crippen molar-refractivity contribution in [2.45, 2.75) is 107 Å². The molecule has 4 atom stereocenters. The van der Waals surface area contributed by atoms with E-state index in [1.807, 2.05) is 16.3 Å². The number of nitrogens with zero attached hydrogens (tertiary/aromatic N) is 4. The molecule has 42 heavy (non-hydrogen) atoms. The number of anilines is 1. The van der Waals surface area contributed by atoms with Crippen LogP contribution in [0.25, 0.3) is 11.2 Å². The van der Waals surface area contributed by atoms with Crippen molar-refractivity contribution in [2.75, 3.05) is 18.1 Å². The van der Waals surface area contributed by atoms with Gasteiger partial charge in [-0.05, 0) is 46.5 Å². The molecule has 2 aliphatic heterocycles. The molecule has 12 heteroatoms. The normalized spacial score (nSPS) is 25.8. The highest BCUT2D eigenvalue weighted by Crippen LogP contribution is 2.50. The van der Waals surface area contributed by atoms with E-state index in [0.717, 1.165) is 12.2 Å². The number of ether oxygens (including phenoxy) is 1. The Morgan fingerprint density at radius 3 is 2.24 bits per heavy atom. The van der Waals surface area contributed by atoms with E-state index in [0.29, 0.717) is 23.6 Å². The molecule has 2 fully saturated rings. The van der Waals surface area contributed by atoms with Gasteiger partial charge < -0.3 is 23.4 Å². The highest BCUT2D eigenvalue weighted by molar-refractivity contribution is 7.99. The van der Waals surface area contributed by atoms with Crippen LogP contribution in [0.15, 0.2) is 47.9 Å². The summed E-state index contributed by atoms with van der Waals surface area (Å²) in [6.07, 6.45) is 3.38. The molecule has 2 aliphatic rings. The molecule has 0 saturated carbocycles. The van der Waals surface area contributed by atoms with Gasteiger partial charge in [-0.1, -0.05) is 73.6 Å². The molecule has 4 unspecified atom stereocenters. The van der Waals surface area contributed by atoms with Gasteiger partial charge in [-0.15, -0.1) is 11.8 Å². The Morgan fingerprint density at radius 2 is 1.60 bits per heavy atom. The van der Waals surface area contributed by atoms with Crippen LogP contribution in [0.5, 0.6) is 0 Å². The molecule has 2 N–H and O–H groups in total. The average Bonchev–Trinajstić information content (AvgIpc) is 3.50. The molecule has 4 heterocycles. The lowest BCUT2D eigenvalue weighted by molar-refractivity contribution is -0.0550. The van der Waals surface area contributed by atoms with E-state index >= 15 is 0 Å². The van der Waals surface area contributed by atoms with E-state index in [2.05, 4.69) is 101 Å². The number of imidazole rings is 1. The third kappa shape index (κ3) is 5.71. The summed E-state index contributed by atoms with van der Waals surface area (Å²) in [5.41, 5.74) is 8.45. The third-order valence-corrected chi connectivity index (χ3v) is 20.2. The third-order valence-electron chi connectivity index (χ3n) is 8.92. The molecule has 230 valence electrons. The van der Waals surface area contributed by atoms with Crippen LogP contribution in [0, 0.1) is 5.92 Å². The molecular weight excluding hydrogens is 583 g/mol. The van der Waals surface area contributed by atoms with Crippen LogP contribution in [0.2, 0.25) is 22.2 Å². The Kier molecular flexibility index (Phi) is 9.53. The Bertz CT molecular complexity index is 1330. The van der Waals surface area contributed by atoms with Crippen molar-refractivity contribution in [1.82, 2.24) is 19.5 Å². The van der Waals surface area contributed by atoms with Crippen LogP contribution in [-0.4, -0.2) is 61.2 Å². The van der Waals surface area contributed by atoms with Gasteiger partial charge in [-0.3, -0.25) is 4.57 Å². The van der Waals surface area contributed by atoms with Gasteiger partial charge in [-0.25, -0.2) is 15.0 Å². The van der Waals surface area contributed by atoms with Crippen molar-refractivity contribution in [2.24, 2.45) is 5.92 Å². The minimum absolute atomic E-state index is 0.0312. The molecule has 0 radical (unpaired) electrons. The summed E-state index contributed by atoms with van der Waals surface area (Å²) in [6, 6.07) is 10.5. The first-order chi connectivity index (χ1) is 20.0. The van der Waals surface area contributed by atoms with Gasteiger partial charge >= 0.3 is 17.1 Å². The summed E-state index contributed by atoms with van der Waals surface area (Å²) < 4.78 is 31.0. The van der Waals surface area contributed by atoms with Crippen molar-refractivity contribution in [3.8, 4) is 0 Å². The van der Waals surface area contributed by atoms with Crippen LogP contribution in [0.3, 0.4) is 0 Å². The second-order valence-electron chi connectivity index (χ2n) is 12.8. The van der Waals surface area contributed by atoms with Gasteiger partial charge in [0, 0.05) is 10.8 Å². The first-order valence-electron chi connectivity index (χ1n) is 15.3. The second-order valence-corrected chi connectivity index (χ2v) is 22.8. The number of nitrogens with two attached hydrogens (primary N) is 1. The van der Waals surface area contributed by atoms with E-state index < -0.39 is 17.1 Å². The molecular formula is C30H47N5O4SSi2. The van der Waals surface area contributed by atoms with E-state index in [1.165, 1.54) is 11.2 Å². The van der Waals surface area contributed by atoms with Crippen LogP contribution < -0.4 is 5.73 Å². The fraction of sp³-hybridized carbons (Fsp3) is 0.633. The monoisotopic (exact) mass is 629 g/mol. The van der Waals surface area contributed by atoms with E-state index in [9.17, 15) is 0 Å². The number of fused-ring (bicyclic) bond motifs is 2. The van der Waals surface area contributed by atoms with Gasteiger partial charge in [0.2, 0.25) is 0 Å². The largest absolute Gasteiger partial charge is 0.414 e. The Hall–Kier alpha value is -1.81. The summed E-state index contributed by atoms with van der Waals surface area (Å²) in [5, 5.41) is 0. The van der Waals surface area contributed by atoms with Gasteiger partial charge in [-0.2, -0.15) is 0 Å². The summed E-state index contributed by atoms with van der Waals surface area (Å²) >= 11 is 1.86. The molecule has 0 aliphatic carbocycles. The average molecular weight is 630 g/mol. The number of thioether (sulfide) groups is 1. The Morgan fingerprint density at radius 1 is 0.929 bits per heavy atom. The van der Waals surface area contributed by atoms with Crippen molar-refractivity contribution < 1.29 is 17.7 Å². The van der Waals surface area contributed by atoms with E-state index in [4.69, 9.17) is 23.4 Å². The summed E-state index contributed by atoms with van der Waals surface area (Å²) in [5.74, 6) is 1.31. The topological polar surface area (TPSA) is 107 Å². The lowest BCUT2D eigenvalue weighted by atomic mass is 9.97. The summed E-state index contributed by atoms with van der Waals surface area (Å²) in [7, 11) is -5.48. The predicted molar refractivity (Wildman–Crippen MR) is 173 cm³/mol. The molecule has 5 rings (SSSR count). The molecule has 2 saturated heterocycles. The maximum absolute atomic E-state index is 7.51. The minimum Gasteiger partial charge on any atom is -0.414 e. The molecule has 0 bridgehead atoms. The Labute approximate surface area is 256 Å². The number of aromatic nitrogens is 4. The van der Waals surface area contributed by atoms with Crippen LogP contribution in [0.1, 0.15) is 68.0 Å². The number of benzene rings is 1. The zero-order chi connectivity index (χ0) is 30.2. The van der Waals surface area contributed by atoms with Gasteiger partial charge in [0.25, 0.3) is 0 Å². The first kappa shape index (κ1) is 31.6. The molecule has 0 amide bonds. The Balaban J connectivity index is 1.57. The zero-order valence-electron chi connectivity index (χ0n) is 26.2. The van der Waals surface area contributed by atoms with Gasteiger partial charge in [0.05, 0.1) is 19.0 Å². The standard InChI is InChI=1S/C30H47N5O4SSi2/c1-19(2)41(20(3)4)36-16-25-27(38-42(39-41,21(5)6)22(7)8)24(14-15-40-23-12-10-9-11-13-23)30(37-25)35-18-34-26-28(31)32-17-33-29(26)35/h9-13,17-22,24-25,27,30H,14-16H2,1-8H3,(H2,31,32,33). The maximum atomic E-state index is 7.51. The lowest BCUT2D eigenvalue weighted by Crippen LogP contribution is -2.65. The fourth-order valence-corrected chi connectivity index (χ4v) is 18.9. The predicted octanol–water partition coefficient (Wildman–Crippen LogP) is 7.06. The number of nitrogen functional groups attached to an aromatic ring is 1. The highest BCUT2D eigenvalue weighted by atomic mass is 32.2. The fourth-order valence-electron chi connectivity index (χ4n) is 6.70. The molecule has 1 aromatic carbocycles. The van der Waals surface area contributed by atoms with Crippen molar-refractivity contribution in [3.63, 3.8) is 0 Å². The number of rotatable bonds is 9. The highest BCUT2D eigenvalue weighted by Gasteiger charge is 2.61. The maximum Gasteiger partial charge on any atom is 0.335 e. The van der Waals surface area contributed by atoms with Crippen LogP contribution >= 0.6 is 11.8 Å². The number of hydrogen-bond donors (Lipinski definition) is 1. The summed E-state index contributed by atoms with van der Waals surface area (Å²) in [6.45, 7) is 18.5. The van der Waals surface area contributed by atoms with Crippen molar-refractivity contribution in [1.29, 1.82) is 0 Å². The SMILES string of the molecule is CC(C)[Si]1(C(C)C)OCC2OC(n3cnc4c(N)ncnc43)C(CCSc3ccccc3)C2O[Si](C(C)C)(C(C)C)O1. The van der Waals surface area contributed by atoms with Crippen LogP contribution in [-0.2, 0) is 17.7 Å². The second kappa shape index (κ2) is 12.7. The smallest absolute Gasteiger partial charge is 0.335 e. The van der Waals surface area contributed by atoms with E-state index in [1.54, 1.807) is 6.33 Å². The molecule has 0 spiro atoms. The quantitative estimate of drug-likeness (QED) is 0.197. The summed E-state index contributed by atoms with van der Waals surface area (Å²) in [4.78, 5) is 14.5. The van der Waals surface area contributed by atoms with Crippen molar-refractivity contribution >= 4 is 45.9 Å². The zero-order valence-corrected chi connectivity index (χ0v) is 29.0. The molecule has 9 nitrogen and oxygen atoms in total. The first-order valence-corrected chi connectivity index (χ1v) is 20.2. The minimum atomic E-state index is -2.81. The van der Waals surface area contributed by atoms with E-state index in [-0.39, 0.29) is 46.5 Å². The number of hydrogen-bond acceptors (Lipinski definition) is 9. The van der Waals surface area contributed by atoms with Crippen molar-refractivity contribution in [3.05, 3.63) is 43.0 Å².